The van der Waals surface area contributed by atoms with E-state index in [0.717, 1.165) is 32.3 Å². The van der Waals surface area contributed by atoms with Crippen molar-refractivity contribution in [3.05, 3.63) is 142 Å². The van der Waals surface area contributed by atoms with Gasteiger partial charge >= 0.3 is 0 Å². The molecule has 218 valence electrons. The first-order valence-corrected chi connectivity index (χ1v) is 14.8. The van der Waals surface area contributed by atoms with Gasteiger partial charge in [0.05, 0.1) is 16.3 Å². The van der Waals surface area contributed by atoms with Crippen molar-refractivity contribution in [2.75, 3.05) is 10.6 Å². The number of hydrogen-bond acceptors (Lipinski definition) is 5. The zero-order chi connectivity index (χ0) is 30.8. The molecule has 0 spiro atoms. The molecule has 3 aromatic heterocycles. The molecule has 6 rings (SSSR count). The SMILES string of the molecule is C=CC(=O)Nc1cc(Cc2cc(-c3cccc(NC(=O)c4cc5ccccc5s4)c3C)cn(C)c2=O)ccc1-n1cccn1. The lowest BCUT2D eigenvalue weighted by Crippen LogP contribution is -2.21. The number of hydrogen-bond donors (Lipinski definition) is 2. The van der Waals surface area contributed by atoms with Crippen LogP contribution in [0.5, 0.6) is 0 Å². The number of anilines is 2. The minimum atomic E-state index is -0.344. The van der Waals surface area contributed by atoms with Crippen LogP contribution in [0.25, 0.3) is 26.9 Å². The highest BCUT2D eigenvalue weighted by atomic mass is 32.1. The number of carbonyl (C=O) groups is 2. The molecule has 0 aliphatic rings. The average molecular weight is 600 g/mol. The Kier molecular flexibility index (Phi) is 7.78. The second-order valence-corrected chi connectivity index (χ2v) is 11.5. The Morgan fingerprint density at radius 1 is 0.977 bits per heavy atom. The van der Waals surface area contributed by atoms with Gasteiger partial charge in [0.1, 0.15) is 0 Å². The van der Waals surface area contributed by atoms with Crippen molar-refractivity contribution in [3.63, 3.8) is 0 Å². The van der Waals surface area contributed by atoms with E-state index in [4.69, 9.17) is 0 Å². The molecule has 6 aromatic rings. The molecular formula is C35H29N5O3S. The quantitative estimate of drug-likeness (QED) is 0.190. The number of pyridine rings is 1. The van der Waals surface area contributed by atoms with E-state index in [9.17, 15) is 14.4 Å². The molecule has 3 aromatic carbocycles. The molecule has 0 atom stereocenters. The van der Waals surface area contributed by atoms with Gasteiger partial charge in [0.25, 0.3) is 11.5 Å². The molecule has 0 aliphatic heterocycles. The molecule has 2 N–H and O–H groups in total. The lowest BCUT2D eigenvalue weighted by atomic mass is 9.97. The first-order valence-electron chi connectivity index (χ1n) is 14.0. The van der Waals surface area contributed by atoms with Crippen LogP contribution in [0.4, 0.5) is 11.4 Å². The fourth-order valence-corrected chi connectivity index (χ4v) is 6.18. The monoisotopic (exact) mass is 599 g/mol. The largest absolute Gasteiger partial charge is 0.321 e. The van der Waals surface area contributed by atoms with Gasteiger partial charge in [-0.1, -0.05) is 43.0 Å². The van der Waals surface area contributed by atoms with E-state index in [0.29, 0.717) is 33.9 Å². The van der Waals surface area contributed by atoms with Gasteiger partial charge in [-0.05, 0) is 83.1 Å². The Labute approximate surface area is 257 Å². The number of carbonyl (C=O) groups excluding carboxylic acids is 2. The molecule has 0 aliphatic carbocycles. The van der Waals surface area contributed by atoms with Gasteiger partial charge in [0, 0.05) is 48.0 Å². The summed E-state index contributed by atoms with van der Waals surface area (Å²) in [4.78, 5) is 39.3. The summed E-state index contributed by atoms with van der Waals surface area (Å²) in [6.45, 7) is 5.51. The smallest absolute Gasteiger partial charge is 0.265 e. The highest BCUT2D eigenvalue weighted by Crippen LogP contribution is 2.31. The van der Waals surface area contributed by atoms with Crippen molar-refractivity contribution in [3.8, 4) is 16.8 Å². The summed E-state index contributed by atoms with van der Waals surface area (Å²) in [5, 5.41) is 11.3. The predicted octanol–water partition coefficient (Wildman–Crippen LogP) is 6.73. The zero-order valence-corrected chi connectivity index (χ0v) is 25.0. The average Bonchev–Trinajstić information content (AvgIpc) is 3.71. The lowest BCUT2D eigenvalue weighted by molar-refractivity contribution is -0.111. The van der Waals surface area contributed by atoms with Crippen LogP contribution in [-0.2, 0) is 18.3 Å². The van der Waals surface area contributed by atoms with Gasteiger partial charge in [-0.2, -0.15) is 5.10 Å². The fraction of sp³-hybridized carbons (Fsp3) is 0.0857. The van der Waals surface area contributed by atoms with Gasteiger partial charge in [-0.15, -0.1) is 11.3 Å². The van der Waals surface area contributed by atoms with Crippen LogP contribution < -0.4 is 16.2 Å². The predicted molar refractivity (Wildman–Crippen MR) is 177 cm³/mol. The molecule has 8 nitrogen and oxygen atoms in total. The number of nitrogens with one attached hydrogen (secondary N) is 2. The summed E-state index contributed by atoms with van der Waals surface area (Å²) >= 11 is 1.46. The van der Waals surface area contributed by atoms with E-state index < -0.39 is 0 Å². The molecule has 3 heterocycles. The van der Waals surface area contributed by atoms with Crippen LogP contribution in [0.1, 0.15) is 26.4 Å². The van der Waals surface area contributed by atoms with Crippen molar-refractivity contribution < 1.29 is 9.59 Å². The molecule has 0 unspecified atom stereocenters. The number of benzene rings is 3. The van der Waals surface area contributed by atoms with Crippen LogP contribution in [-0.4, -0.2) is 26.2 Å². The number of thiophene rings is 1. The maximum absolute atomic E-state index is 13.3. The minimum Gasteiger partial charge on any atom is -0.321 e. The molecular weight excluding hydrogens is 570 g/mol. The third kappa shape index (κ3) is 5.73. The van der Waals surface area contributed by atoms with Crippen molar-refractivity contribution in [1.29, 1.82) is 0 Å². The number of fused-ring (bicyclic) bond motifs is 1. The first kappa shape index (κ1) is 28.6. The van der Waals surface area contributed by atoms with Crippen LogP contribution in [0, 0.1) is 6.92 Å². The molecule has 0 fully saturated rings. The van der Waals surface area contributed by atoms with E-state index in [1.165, 1.54) is 17.4 Å². The first-order chi connectivity index (χ1) is 21.3. The molecule has 0 saturated heterocycles. The van der Waals surface area contributed by atoms with Crippen molar-refractivity contribution in [2.24, 2.45) is 7.05 Å². The van der Waals surface area contributed by atoms with Crippen molar-refractivity contribution in [2.45, 2.75) is 13.3 Å². The van der Waals surface area contributed by atoms with E-state index in [-0.39, 0.29) is 17.4 Å². The number of nitrogens with zero attached hydrogens (tertiary/aromatic N) is 3. The Morgan fingerprint density at radius 3 is 2.59 bits per heavy atom. The van der Waals surface area contributed by atoms with Crippen LogP contribution in [0.3, 0.4) is 0 Å². The second-order valence-electron chi connectivity index (χ2n) is 10.4. The normalized spacial score (nSPS) is 11.0. The molecule has 9 heteroatoms. The summed E-state index contributed by atoms with van der Waals surface area (Å²) in [5.41, 5.74) is 5.93. The summed E-state index contributed by atoms with van der Waals surface area (Å²) in [5.74, 6) is -0.506. The van der Waals surface area contributed by atoms with Crippen LogP contribution in [0.15, 0.2) is 115 Å². The molecule has 0 saturated carbocycles. The third-order valence-electron chi connectivity index (χ3n) is 7.45. The number of rotatable bonds is 8. The van der Waals surface area contributed by atoms with E-state index >= 15 is 0 Å². The van der Waals surface area contributed by atoms with Gasteiger partial charge < -0.3 is 15.2 Å². The lowest BCUT2D eigenvalue weighted by Gasteiger charge is -2.15. The van der Waals surface area contributed by atoms with Gasteiger partial charge in [-0.3, -0.25) is 14.4 Å². The maximum Gasteiger partial charge on any atom is 0.265 e. The van der Waals surface area contributed by atoms with E-state index in [1.54, 1.807) is 34.8 Å². The summed E-state index contributed by atoms with van der Waals surface area (Å²) < 4.78 is 4.30. The highest BCUT2D eigenvalue weighted by Gasteiger charge is 2.16. The van der Waals surface area contributed by atoms with Crippen LogP contribution in [0.2, 0.25) is 0 Å². The minimum absolute atomic E-state index is 0.117. The van der Waals surface area contributed by atoms with Gasteiger partial charge in [-0.25, -0.2) is 4.68 Å². The number of aromatic nitrogens is 3. The van der Waals surface area contributed by atoms with Crippen molar-refractivity contribution >= 4 is 44.6 Å². The Balaban J connectivity index is 1.31. The Bertz CT molecular complexity index is 2070. The standard InChI is InChI=1S/C35H29N5O3S/c1-4-33(41)37-29-18-23(13-14-30(29)40-16-8-15-36-40)17-25-19-26(21-39(3)35(25)43)27-10-7-11-28(22(27)2)38-34(42)32-20-24-9-5-6-12-31(24)44-32/h4-16,18-21H,1,17H2,2-3H3,(H,37,41)(H,38,42). The molecule has 0 radical (unpaired) electrons. The summed E-state index contributed by atoms with van der Waals surface area (Å²) in [6.07, 6.45) is 6.81. The van der Waals surface area contributed by atoms with E-state index in [1.807, 2.05) is 85.9 Å². The topological polar surface area (TPSA) is 98.0 Å². The highest BCUT2D eigenvalue weighted by molar-refractivity contribution is 7.20. The van der Waals surface area contributed by atoms with Gasteiger partial charge in [0.2, 0.25) is 5.91 Å². The second kappa shape index (κ2) is 12.0. The Morgan fingerprint density at radius 2 is 1.82 bits per heavy atom. The Hall–Kier alpha value is -5.54. The molecule has 2 amide bonds. The molecule has 0 bridgehead atoms. The van der Waals surface area contributed by atoms with Crippen molar-refractivity contribution in [1.82, 2.24) is 14.3 Å². The number of aryl methyl sites for hydroxylation is 1. The summed E-state index contributed by atoms with van der Waals surface area (Å²) in [7, 11) is 1.73. The van der Waals surface area contributed by atoms with Gasteiger partial charge in [0.15, 0.2) is 0 Å². The zero-order valence-electron chi connectivity index (χ0n) is 24.2. The number of amides is 2. The molecule has 44 heavy (non-hydrogen) atoms. The fourth-order valence-electron chi connectivity index (χ4n) is 5.22. The van der Waals surface area contributed by atoms with Crippen LogP contribution >= 0.6 is 11.3 Å². The maximum atomic E-state index is 13.3. The summed E-state index contributed by atoms with van der Waals surface area (Å²) in [6, 6.07) is 24.9. The third-order valence-corrected chi connectivity index (χ3v) is 8.56. The van der Waals surface area contributed by atoms with E-state index in [2.05, 4.69) is 22.3 Å².